The van der Waals surface area contributed by atoms with Crippen molar-refractivity contribution < 1.29 is 4.74 Å². The summed E-state index contributed by atoms with van der Waals surface area (Å²) in [6.45, 7) is 0. The lowest BCUT2D eigenvalue weighted by molar-refractivity contribution is 0.404. The third kappa shape index (κ3) is 1.15. The van der Waals surface area contributed by atoms with E-state index in [-0.39, 0.29) is 5.41 Å². The average Bonchev–Trinajstić information content (AvgIpc) is 2.98. The van der Waals surface area contributed by atoms with E-state index in [1.165, 1.54) is 0 Å². The first kappa shape index (κ1) is 8.06. The Kier molecular flexibility index (Phi) is 1.70. The smallest absolute Gasteiger partial charge is 0.142 e. The maximum atomic E-state index is 8.98. The monoisotopic (exact) mass is 174 g/mol. The molecule has 1 aliphatic rings. The molecule has 0 radical (unpaired) electrons. The van der Waals surface area contributed by atoms with Crippen LogP contribution in [0, 0.1) is 11.3 Å². The predicted octanol–water partition coefficient (Wildman–Crippen LogP) is 1.65. The summed E-state index contributed by atoms with van der Waals surface area (Å²) in [5.41, 5.74) is 0.437. The highest BCUT2D eigenvalue weighted by Gasteiger charge is 2.48. The number of nitriles is 1. The van der Waals surface area contributed by atoms with Gasteiger partial charge in [-0.05, 0) is 25.0 Å². The SMILES string of the molecule is COc1cccnc1C1(C#N)CC1. The molecule has 0 amide bonds. The van der Waals surface area contributed by atoms with Crippen LogP contribution < -0.4 is 4.74 Å². The largest absolute Gasteiger partial charge is 0.495 e. The van der Waals surface area contributed by atoms with Crippen molar-refractivity contribution in [1.29, 1.82) is 5.26 Å². The summed E-state index contributed by atoms with van der Waals surface area (Å²) >= 11 is 0. The number of methoxy groups -OCH3 is 1. The molecular formula is C10H10N2O. The topological polar surface area (TPSA) is 45.9 Å². The van der Waals surface area contributed by atoms with Crippen LogP contribution in [0.15, 0.2) is 18.3 Å². The molecule has 2 rings (SSSR count). The zero-order chi connectivity index (χ0) is 9.31. The fourth-order valence-corrected chi connectivity index (χ4v) is 1.44. The van der Waals surface area contributed by atoms with E-state index in [0.717, 1.165) is 24.3 Å². The summed E-state index contributed by atoms with van der Waals surface area (Å²) in [6.07, 6.45) is 3.50. The van der Waals surface area contributed by atoms with Crippen LogP contribution in [-0.2, 0) is 5.41 Å². The number of hydrogen-bond donors (Lipinski definition) is 0. The normalized spacial score (nSPS) is 17.5. The molecule has 1 fully saturated rings. The van der Waals surface area contributed by atoms with Crippen molar-refractivity contribution in [1.82, 2.24) is 4.98 Å². The van der Waals surface area contributed by atoms with Crippen LogP contribution in [0.3, 0.4) is 0 Å². The number of hydrogen-bond acceptors (Lipinski definition) is 3. The summed E-state index contributed by atoms with van der Waals surface area (Å²) in [7, 11) is 1.61. The first-order valence-electron chi connectivity index (χ1n) is 4.23. The molecule has 1 saturated carbocycles. The minimum atomic E-state index is -0.355. The van der Waals surface area contributed by atoms with E-state index in [2.05, 4.69) is 11.1 Å². The van der Waals surface area contributed by atoms with Gasteiger partial charge in [-0.15, -0.1) is 0 Å². The molecule has 1 heterocycles. The van der Waals surface area contributed by atoms with Gasteiger partial charge in [-0.1, -0.05) is 0 Å². The van der Waals surface area contributed by atoms with Crippen molar-refractivity contribution in [3.05, 3.63) is 24.0 Å². The van der Waals surface area contributed by atoms with Gasteiger partial charge in [-0.25, -0.2) is 0 Å². The van der Waals surface area contributed by atoms with E-state index in [0.29, 0.717) is 0 Å². The van der Waals surface area contributed by atoms with E-state index in [9.17, 15) is 0 Å². The lowest BCUT2D eigenvalue weighted by Gasteiger charge is -2.09. The number of nitrogens with zero attached hydrogens (tertiary/aromatic N) is 2. The van der Waals surface area contributed by atoms with Crippen LogP contribution in [0.25, 0.3) is 0 Å². The number of pyridine rings is 1. The first-order chi connectivity index (χ1) is 6.32. The molecule has 3 heteroatoms. The number of rotatable bonds is 2. The molecule has 0 N–H and O–H groups in total. The maximum Gasteiger partial charge on any atom is 0.142 e. The molecule has 1 aromatic heterocycles. The van der Waals surface area contributed by atoms with Crippen LogP contribution in [0.1, 0.15) is 18.5 Å². The minimum absolute atomic E-state index is 0.355. The van der Waals surface area contributed by atoms with Crippen molar-refractivity contribution in [3.63, 3.8) is 0 Å². The molecule has 13 heavy (non-hydrogen) atoms. The summed E-state index contributed by atoms with van der Waals surface area (Å²) in [6, 6.07) is 5.96. The van der Waals surface area contributed by atoms with Crippen LogP contribution in [0.2, 0.25) is 0 Å². The van der Waals surface area contributed by atoms with Gasteiger partial charge in [-0.2, -0.15) is 5.26 Å². The minimum Gasteiger partial charge on any atom is -0.495 e. The van der Waals surface area contributed by atoms with Gasteiger partial charge >= 0.3 is 0 Å². The van der Waals surface area contributed by atoms with Gasteiger partial charge in [0.15, 0.2) is 0 Å². The molecule has 0 bridgehead atoms. The lowest BCUT2D eigenvalue weighted by atomic mass is 10.0. The Morgan fingerprint density at radius 2 is 2.38 bits per heavy atom. The molecule has 3 nitrogen and oxygen atoms in total. The summed E-state index contributed by atoms with van der Waals surface area (Å²) in [5, 5.41) is 8.98. The Morgan fingerprint density at radius 1 is 1.62 bits per heavy atom. The van der Waals surface area contributed by atoms with Crippen molar-refractivity contribution in [2.24, 2.45) is 0 Å². The van der Waals surface area contributed by atoms with E-state index < -0.39 is 0 Å². The van der Waals surface area contributed by atoms with Gasteiger partial charge in [0.25, 0.3) is 0 Å². The fraction of sp³-hybridized carbons (Fsp3) is 0.400. The highest BCUT2D eigenvalue weighted by molar-refractivity contribution is 5.43. The van der Waals surface area contributed by atoms with E-state index in [4.69, 9.17) is 10.00 Å². The second-order valence-corrected chi connectivity index (χ2v) is 3.25. The van der Waals surface area contributed by atoms with Crippen LogP contribution in [0.4, 0.5) is 0 Å². The second kappa shape index (κ2) is 2.74. The Hall–Kier alpha value is -1.56. The quantitative estimate of drug-likeness (QED) is 0.684. The molecule has 0 spiro atoms. The van der Waals surface area contributed by atoms with Gasteiger partial charge in [-0.3, -0.25) is 4.98 Å². The lowest BCUT2D eigenvalue weighted by Crippen LogP contribution is -2.07. The van der Waals surface area contributed by atoms with Gasteiger partial charge < -0.3 is 4.74 Å². The van der Waals surface area contributed by atoms with Crippen molar-refractivity contribution in [3.8, 4) is 11.8 Å². The second-order valence-electron chi connectivity index (χ2n) is 3.25. The molecule has 0 aliphatic heterocycles. The van der Waals surface area contributed by atoms with Gasteiger partial charge in [0.05, 0.1) is 13.2 Å². The molecule has 0 saturated heterocycles. The van der Waals surface area contributed by atoms with Gasteiger partial charge in [0.1, 0.15) is 16.9 Å². The summed E-state index contributed by atoms with van der Waals surface area (Å²) in [4.78, 5) is 4.21. The molecule has 1 aliphatic carbocycles. The fourth-order valence-electron chi connectivity index (χ4n) is 1.44. The molecule has 0 unspecified atom stereocenters. The Balaban J connectivity index is 2.46. The predicted molar refractivity (Wildman–Crippen MR) is 47.3 cm³/mol. The van der Waals surface area contributed by atoms with Gasteiger partial charge in [0.2, 0.25) is 0 Å². The van der Waals surface area contributed by atoms with Crippen LogP contribution in [-0.4, -0.2) is 12.1 Å². The molecule has 0 aromatic carbocycles. The third-order valence-electron chi connectivity index (χ3n) is 2.41. The summed E-state index contributed by atoms with van der Waals surface area (Å²) < 4.78 is 5.16. The molecule has 0 atom stereocenters. The number of aromatic nitrogens is 1. The standard InChI is InChI=1S/C10H10N2O/c1-13-8-3-2-6-12-9(8)10(7-11)4-5-10/h2-3,6H,4-5H2,1H3. The summed E-state index contributed by atoms with van der Waals surface area (Å²) in [5.74, 6) is 0.724. The Bertz CT molecular complexity index is 363. The van der Waals surface area contributed by atoms with Gasteiger partial charge in [0, 0.05) is 6.20 Å². The highest BCUT2D eigenvalue weighted by atomic mass is 16.5. The van der Waals surface area contributed by atoms with Crippen molar-refractivity contribution >= 4 is 0 Å². The van der Waals surface area contributed by atoms with Crippen LogP contribution >= 0.6 is 0 Å². The third-order valence-corrected chi connectivity index (χ3v) is 2.41. The van der Waals surface area contributed by atoms with Crippen LogP contribution in [0.5, 0.6) is 5.75 Å². The average molecular weight is 174 g/mol. The van der Waals surface area contributed by atoms with E-state index in [1.54, 1.807) is 13.3 Å². The Labute approximate surface area is 77.0 Å². The molecule has 1 aromatic rings. The zero-order valence-corrected chi connectivity index (χ0v) is 7.45. The van der Waals surface area contributed by atoms with E-state index in [1.807, 2.05) is 12.1 Å². The Morgan fingerprint density at radius 3 is 2.92 bits per heavy atom. The van der Waals surface area contributed by atoms with Crippen molar-refractivity contribution in [2.45, 2.75) is 18.3 Å². The number of ether oxygens (including phenoxy) is 1. The first-order valence-corrected chi connectivity index (χ1v) is 4.23. The van der Waals surface area contributed by atoms with Crippen molar-refractivity contribution in [2.75, 3.05) is 7.11 Å². The molecular weight excluding hydrogens is 164 g/mol. The van der Waals surface area contributed by atoms with E-state index >= 15 is 0 Å². The molecule has 66 valence electrons. The zero-order valence-electron chi connectivity index (χ0n) is 7.45. The highest BCUT2D eigenvalue weighted by Crippen LogP contribution is 2.49. The maximum absolute atomic E-state index is 8.98.